The zero-order valence-electron chi connectivity index (χ0n) is 36.8. The first-order valence-corrected chi connectivity index (χ1v) is 23.7. The van der Waals surface area contributed by atoms with E-state index in [-0.39, 0.29) is 23.0 Å². The van der Waals surface area contributed by atoms with Crippen LogP contribution in [0.5, 0.6) is 0 Å². The molecule has 4 aliphatic carbocycles. The molecule has 0 aromatic rings. The van der Waals surface area contributed by atoms with E-state index in [9.17, 15) is 46.0 Å². The maximum Gasteiger partial charge on any atom is 0.187 e. The smallest absolute Gasteiger partial charge is 0.187 e. The molecular formula is C45H74O17. The molecule has 1 spiro atoms. The van der Waals surface area contributed by atoms with Gasteiger partial charge in [0.05, 0.1) is 38.1 Å². The summed E-state index contributed by atoms with van der Waals surface area (Å²) in [5, 5.41) is 95.8. The maximum absolute atomic E-state index is 12.0. The van der Waals surface area contributed by atoms with Crippen molar-refractivity contribution in [2.45, 2.75) is 209 Å². The first kappa shape index (κ1) is 46.4. The van der Waals surface area contributed by atoms with Crippen molar-refractivity contribution in [3.63, 3.8) is 0 Å². The Kier molecular flexibility index (Phi) is 13.1. The maximum atomic E-state index is 12.0. The predicted molar refractivity (Wildman–Crippen MR) is 214 cm³/mol. The van der Waals surface area contributed by atoms with Gasteiger partial charge in [-0.3, -0.25) is 0 Å². The lowest BCUT2D eigenvalue weighted by atomic mass is 9.44. The van der Waals surface area contributed by atoms with Crippen LogP contribution in [0.2, 0.25) is 0 Å². The van der Waals surface area contributed by atoms with E-state index in [0.717, 1.165) is 51.6 Å². The van der Waals surface area contributed by atoms with Gasteiger partial charge in [-0.15, -0.1) is 0 Å². The van der Waals surface area contributed by atoms with E-state index in [0.29, 0.717) is 47.8 Å². The predicted octanol–water partition coefficient (Wildman–Crippen LogP) is 0.294. The van der Waals surface area contributed by atoms with Crippen molar-refractivity contribution in [1.82, 2.24) is 0 Å². The Bertz CT molecular complexity index is 1550. The van der Waals surface area contributed by atoms with Crippen LogP contribution < -0.4 is 0 Å². The molecule has 0 aromatic heterocycles. The van der Waals surface area contributed by atoms with Gasteiger partial charge < -0.3 is 83.9 Å². The molecule has 9 fully saturated rings. The fourth-order valence-corrected chi connectivity index (χ4v) is 14.6. The van der Waals surface area contributed by atoms with Gasteiger partial charge in [0.1, 0.15) is 67.1 Å². The monoisotopic (exact) mass is 886 g/mol. The topological polar surface area (TPSA) is 256 Å². The van der Waals surface area contributed by atoms with Gasteiger partial charge in [0, 0.05) is 12.3 Å². The van der Waals surface area contributed by atoms with Crippen LogP contribution in [0.3, 0.4) is 0 Å². The van der Waals surface area contributed by atoms with E-state index in [4.69, 9.17) is 37.9 Å². The highest BCUT2D eigenvalue weighted by Crippen LogP contribution is 2.71. The number of ether oxygens (including phenoxy) is 8. The van der Waals surface area contributed by atoms with Crippen LogP contribution in [0.15, 0.2) is 0 Å². The molecule has 0 unspecified atom stereocenters. The molecule has 4 saturated carbocycles. The number of aliphatic hydroxyl groups is 9. The minimum atomic E-state index is -1.81. The van der Waals surface area contributed by atoms with Gasteiger partial charge in [0.15, 0.2) is 24.7 Å². The fourth-order valence-electron chi connectivity index (χ4n) is 14.6. The van der Waals surface area contributed by atoms with E-state index < -0.39 is 111 Å². The molecule has 5 heterocycles. The lowest BCUT2D eigenvalue weighted by Gasteiger charge is -2.61. The quantitative estimate of drug-likeness (QED) is 0.149. The summed E-state index contributed by atoms with van der Waals surface area (Å²) < 4.78 is 50.0. The van der Waals surface area contributed by atoms with Crippen LogP contribution in [0.4, 0.5) is 0 Å². The molecule has 27 atom stereocenters. The highest BCUT2D eigenvalue weighted by molar-refractivity contribution is 5.15. The Hall–Kier alpha value is -0.680. The summed E-state index contributed by atoms with van der Waals surface area (Å²) in [4.78, 5) is 0. The van der Waals surface area contributed by atoms with Crippen molar-refractivity contribution < 1.29 is 83.9 Å². The van der Waals surface area contributed by atoms with Gasteiger partial charge >= 0.3 is 0 Å². The Labute approximate surface area is 364 Å². The summed E-state index contributed by atoms with van der Waals surface area (Å²) in [6.07, 6.45) is -12.6. The van der Waals surface area contributed by atoms with E-state index in [1.807, 2.05) is 0 Å². The SMILES string of the molecule is C[C@H]1CC[C@@]2(OC1)O[C@H]1C[C@H]3[C@@H]4CC[C@@H]5C[C@@H](O[C@@H]6O[C@H](CO)[C@H](O[C@@H]7O[C@H](CO)[C@H](O)[C@H](O)[C@H]7O)[C@H](O)[C@H]6O[C@@H]6O[C@@H](C)[C@H](O)[C@@H](O)[C@H]6O)CC[C@]5(C)[C@H]4CC[C@]3(C)[C@H]1[C@@H]2C. The molecule has 0 amide bonds. The minimum absolute atomic E-state index is 0.103. The van der Waals surface area contributed by atoms with Gasteiger partial charge in [-0.05, 0) is 111 Å². The lowest BCUT2D eigenvalue weighted by Crippen LogP contribution is -2.67. The number of hydrogen-bond donors (Lipinski definition) is 9. The van der Waals surface area contributed by atoms with Crippen molar-refractivity contribution >= 4 is 0 Å². The number of fused-ring (bicyclic) bond motifs is 7. The summed E-state index contributed by atoms with van der Waals surface area (Å²) in [5.41, 5.74) is 0.320. The zero-order valence-corrected chi connectivity index (χ0v) is 36.8. The van der Waals surface area contributed by atoms with Gasteiger partial charge in [0.2, 0.25) is 0 Å². The summed E-state index contributed by atoms with van der Waals surface area (Å²) in [6.45, 7) is 10.6. The van der Waals surface area contributed by atoms with Crippen molar-refractivity contribution in [1.29, 1.82) is 0 Å². The normalized spacial score (nSPS) is 58.9. The number of rotatable bonds is 8. The van der Waals surface area contributed by atoms with Crippen molar-refractivity contribution in [3.8, 4) is 0 Å². The van der Waals surface area contributed by atoms with E-state index >= 15 is 0 Å². The first-order chi connectivity index (χ1) is 29.4. The van der Waals surface area contributed by atoms with Crippen LogP contribution in [-0.4, -0.2) is 176 Å². The largest absolute Gasteiger partial charge is 0.394 e. The molecule has 5 saturated heterocycles. The van der Waals surface area contributed by atoms with E-state index in [1.165, 1.54) is 19.8 Å². The Morgan fingerprint density at radius 1 is 0.581 bits per heavy atom. The molecule has 9 rings (SSSR count). The second kappa shape index (κ2) is 17.4. The minimum Gasteiger partial charge on any atom is -0.394 e. The summed E-state index contributed by atoms with van der Waals surface area (Å²) in [6, 6.07) is 0. The number of hydrogen-bond acceptors (Lipinski definition) is 17. The molecule has 0 radical (unpaired) electrons. The molecular weight excluding hydrogens is 812 g/mol. The van der Waals surface area contributed by atoms with Crippen molar-refractivity contribution in [3.05, 3.63) is 0 Å². The molecule has 5 aliphatic heterocycles. The lowest BCUT2D eigenvalue weighted by molar-refractivity contribution is -0.390. The zero-order chi connectivity index (χ0) is 44.2. The van der Waals surface area contributed by atoms with Gasteiger partial charge in [-0.1, -0.05) is 27.7 Å². The summed E-state index contributed by atoms with van der Waals surface area (Å²) >= 11 is 0. The van der Waals surface area contributed by atoms with Crippen molar-refractivity contribution in [2.75, 3.05) is 19.8 Å². The first-order valence-electron chi connectivity index (χ1n) is 23.7. The Balaban J connectivity index is 0.899. The third-order valence-corrected chi connectivity index (χ3v) is 18.2. The van der Waals surface area contributed by atoms with E-state index in [2.05, 4.69) is 27.7 Å². The average Bonchev–Trinajstić information content (AvgIpc) is 3.70. The highest BCUT2D eigenvalue weighted by Gasteiger charge is 2.69. The van der Waals surface area contributed by atoms with Gasteiger partial charge in [0.25, 0.3) is 0 Å². The molecule has 356 valence electrons. The second-order valence-corrected chi connectivity index (χ2v) is 21.5. The van der Waals surface area contributed by atoms with Crippen LogP contribution in [0.25, 0.3) is 0 Å². The molecule has 0 bridgehead atoms. The third kappa shape index (κ3) is 7.56. The number of aliphatic hydroxyl groups excluding tert-OH is 9. The fraction of sp³-hybridized carbons (Fsp3) is 1.00. The molecule has 9 aliphatic rings. The molecule has 17 heteroatoms. The van der Waals surface area contributed by atoms with Crippen LogP contribution in [-0.2, 0) is 37.9 Å². The van der Waals surface area contributed by atoms with Gasteiger partial charge in [-0.2, -0.15) is 0 Å². The molecule has 0 aromatic carbocycles. The summed E-state index contributed by atoms with van der Waals surface area (Å²) in [5.74, 6) is 3.18. The van der Waals surface area contributed by atoms with Crippen LogP contribution in [0, 0.1) is 52.3 Å². The second-order valence-electron chi connectivity index (χ2n) is 21.5. The average molecular weight is 887 g/mol. The third-order valence-electron chi connectivity index (χ3n) is 18.2. The summed E-state index contributed by atoms with van der Waals surface area (Å²) in [7, 11) is 0. The van der Waals surface area contributed by atoms with Crippen molar-refractivity contribution in [2.24, 2.45) is 52.3 Å². The highest BCUT2D eigenvalue weighted by atomic mass is 16.8. The molecule has 17 nitrogen and oxygen atoms in total. The Morgan fingerprint density at radius 3 is 1.94 bits per heavy atom. The molecule has 9 N–H and O–H groups in total. The van der Waals surface area contributed by atoms with Crippen LogP contribution >= 0.6 is 0 Å². The molecule has 62 heavy (non-hydrogen) atoms. The Morgan fingerprint density at radius 2 is 1.24 bits per heavy atom. The van der Waals surface area contributed by atoms with E-state index in [1.54, 1.807) is 0 Å². The van der Waals surface area contributed by atoms with Crippen LogP contribution in [0.1, 0.15) is 98.8 Å². The van der Waals surface area contributed by atoms with Gasteiger partial charge in [-0.25, -0.2) is 0 Å². The standard InChI is InChI=1S/C45H74O17/c1-19-8-13-45(55-18-19)20(2)30-27(62-45)15-26-24-7-6-22-14-23(9-11-43(22,4)25(24)10-12-44(26,30)5)57-42-39(61-40-35(52)33(50)31(48)21(3)56-40)37(54)38(29(17-47)59-42)60-41-36(53)34(51)32(49)28(16-46)58-41/h19-42,46-54H,6-18H2,1-5H3/t19-,20-,21-,22+,23-,24+,25-,26-,27-,28+,29+,30-,31-,32-,33+,34-,35+,36+,37-,38-,39+,40-,41-,42+,43-,44-,45+/m0/s1.